The standard InChI is InChI=1S/C6H13N3O5S/c1-2-8-15(13,14)9-4(6(11)12)3-5(7)10/h4,8-9H,2-3H2,1H3,(H2,7,10)(H,11,12)/t4-/m1/s1. The van der Waals surface area contributed by atoms with Crippen LogP contribution in [0.2, 0.25) is 0 Å². The average molecular weight is 239 g/mol. The zero-order valence-corrected chi connectivity index (χ0v) is 8.87. The number of hydrogen-bond acceptors (Lipinski definition) is 4. The molecule has 0 spiro atoms. The van der Waals surface area contributed by atoms with Crippen LogP contribution in [0.4, 0.5) is 0 Å². The van der Waals surface area contributed by atoms with E-state index in [1.807, 2.05) is 4.72 Å². The summed E-state index contributed by atoms with van der Waals surface area (Å²) in [4.78, 5) is 21.0. The van der Waals surface area contributed by atoms with Crippen molar-refractivity contribution in [1.82, 2.24) is 9.44 Å². The molecule has 5 N–H and O–H groups in total. The number of carboxylic acid groups (broad SMARTS) is 1. The molecule has 9 heteroatoms. The highest BCUT2D eigenvalue weighted by atomic mass is 32.2. The molecule has 0 aliphatic carbocycles. The quantitative estimate of drug-likeness (QED) is 0.398. The van der Waals surface area contributed by atoms with Gasteiger partial charge < -0.3 is 10.8 Å². The predicted octanol–water partition coefficient (Wildman–Crippen LogP) is -2.24. The monoisotopic (exact) mass is 239 g/mol. The average Bonchev–Trinajstić information content (AvgIpc) is 2.00. The number of carboxylic acids is 1. The summed E-state index contributed by atoms with van der Waals surface area (Å²) in [6.45, 7) is 1.64. The molecule has 0 heterocycles. The van der Waals surface area contributed by atoms with Crippen LogP contribution in [0.15, 0.2) is 0 Å². The van der Waals surface area contributed by atoms with Crippen LogP contribution in [0.3, 0.4) is 0 Å². The van der Waals surface area contributed by atoms with Crippen molar-refractivity contribution in [2.24, 2.45) is 5.73 Å². The fourth-order valence-electron chi connectivity index (χ4n) is 0.800. The van der Waals surface area contributed by atoms with E-state index in [2.05, 4.69) is 0 Å². The van der Waals surface area contributed by atoms with Crippen molar-refractivity contribution >= 4 is 22.1 Å². The molecule has 8 nitrogen and oxygen atoms in total. The normalized spacial score (nSPS) is 13.4. The van der Waals surface area contributed by atoms with Gasteiger partial charge in [0.05, 0.1) is 6.42 Å². The first-order chi connectivity index (χ1) is 6.78. The third-order valence-corrected chi connectivity index (χ3v) is 2.60. The molecule has 0 saturated heterocycles. The van der Waals surface area contributed by atoms with Gasteiger partial charge in [0.2, 0.25) is 5.91 Å². The lowest BCUT2D eigenvalue weighted by atomic mass is 10.2. The van der Waals surface area contributed by atoms with Gasteiger partial charge >= 0.3 is 5.97 Å². The van der Waals surface area contributed by atoms with Crippen molar-refractivity contribution in [2.75, 3.05) is 6.54 Å². The Morgan fingerprint density at radius 3 is 2.33 bits per heavy atom. The molecule has 0 fully saturated rings. The van der Waals surface area contributed by atoms with Gasteiger partial charge in [-0.25, -0.2) is 4.72 Å². The lowest BCUT2D eigenvalue weighted by Gasteiger charge is -2.12. The molecule has 0 rings (SSSR count). The molecular weight excluding hydrogens is 226 g/mol. The summed E-state index contributed by atoms with van der Waals surface area (Å²) in [6.07, 6.45) is -0.597. The summed E-state index contributed by atoms with van der Waals surface area (Å²) >= 11 is 0. The third-order valence-electron chi connectivity index (χ3n) is 1.34. The van der Waals surface area contributed by atoms with Crippen molar-refractivity contribution in [3.63, 3.8) is 0 Å². The molecule has 1 amide bonds. The van der Waals surface area contributed by atoms with Crippen molar-refractivity contribution in [3.8, 4) is 0 Å². The molecule has 0 aliphatic heterocycles. The summed E-state index contributed by atoms with van der Waals surface area (Å²) in [7, 11) is -3.91. The van der Waals surface area contributed by atoms with Crippen LogP contribution in [-0.4, -0.2) is 38.0 Å². The number of amides is 1. The van der Waals surface area contributed by atoms with Gasteiger partial charge in [0.25, 0.3) is 10.2 Å². The van der Waals surface area contributed by atoms with Gasteiger partial charge in [-0.15, -0.1) is 0 Å². The molecular formula is C6H13N3O5S. The van der Waals surface area contributed by atoms with E-state index in [0.717, 1.165) is 0 Å². The summed E-state index contributed by atoms with van der Waals surface area (Å²) in [5.74, 6) is -2.36. The number of carbonyl (C=O) groups is 2. The van der Waals surface area contributed by atoms with Gasteiger partial charge in [-0.05, 0) is 0 Å². The fourth-order valence-corrected chi connectivity index (χ4v) is 1.82. The zero-order valence-electron chi connectivity index (χ0n) is 8.06. The van der Waals surface area contributed by atoms with Crippen LogP contribution in [0.5, 0.6) is 0 Å². The minimum atomic E-state index is -3.91. The smallest absolute Gasteiger partial charge is 0.322 e. The second kappa shape index (κ2) is 5.63. The van der Waals surface area contributed by atoms with Crippen molar-refractivity contribution in [1.29, 1.82) is 0 Å². The summed E-state index contributed by atoms with van der Waals surface area (Å²) in [5.41, 5.74) is 4.77. The van der Waals surface area contributed by atoms with E-state index in [9.17, 15) is 18.0 Å². The van der Waals surface area contributed by atoms with E-state index in [-0.39, 0.29) is 6.54 Å². The van der Waals surface area contributed by atoms with Gasteiger partial charge in [-0.3, -0.25) is 9.59 Å². The molecule has 0 aromatic heterocycles. The van der Waals surface area contributed by atoms with Gasteiger partial charge in [0, 0.05) is 6.54 Å². The van der Waals surface area contributed by atoms with Crippen LogP contribution in [0.1, 0.15) is 13.3 Å². The van der Waals surface area contributed by atoms with Crippen molar-refractivity contribution < 1.29 is 23.1 Å². The summed E-state index contributed by atoms with van der Waals surface area (Å²) in [5, 5.41) is 8.59. The topological polar surface area (TPSA) is 139 Å². The highest BCUT2D eigenvalue weighted by molar-refractivity contribution is 7.87. The van der Waals surface area contributed by atoms with E-state index in [0.29, 0.717) is 0 Å². The fraction of sp³-hybridized carbons (Fsp3) is 0.667. The van der Waals surface area contributed by atoms with Crippen molar-refractivity contribution in [2.45, 2.75) is 19.4 Å². The lowest BCUT2D eigenvalue weighted by molar-refractivity contribution is -0.140. The molecule has 0 aromatic carbocycles. The maximum Gasteiger partial charge on any atom is 0.322 e. The Morgan fingerprint density at radius 1 is 1.47 bits per heavy atom. The minimum absolute atomic E-state index is 0.109. The second-order valence-electron chi connectivity index (χ2n) is 2.68. The molecule has 0 aliphatic rings. The number of aliphatic carboxylic acids is 1. The first-order valence-corrected chi connectivity index (χ1v) is 5.55. The molecule has 1 atom stereocenters. The number of nitrogens with two attached hydrogens (primary N) is 1. The van der Waals surface area contributed by atoms with Gasteiger partial charge in [-0.2, -0.15) is 13.1 Å². The Labute approximate surface area is 87.0 Å². The molecule has 0 aromatic rings. The van der Waals surface area contributed by atoms with Gasteiger partial charge in [-0.1, -0.05) is 6.92 Å². The number of primary amides is 1. The van der Waals surface area contributed by atoms with E-state index in [1.54, 1.807) is 4.72 Å². The predicted molar refractivity (Wildman–Crippen MR) is 51.0 cm³/mol. The minimum Gasteiger partial charge on any atom is -0.480 e. The van der Waals surface area contributed by atoms with Crippen LogP contribution in [0, 0.1) is 0 Å². The summed E-state index contributed by atoms with van der Waals surface area (Å²) < 4.78 is 26.0. The van der Waals surface area contributed by atoms with Crippen LogP contribution in [0.25, 0.3) is 0 Å². The Kier molecular flexibility index (Phi) is 5.19. The molecule has 0 unspecified atom stereocenters. The van der Waals surface area contributed by atoms with Crippen LogP contribution < -0.4 is 15.2 Å². The maximum absolute atomic E-state index is 11.1. The van der Waals surface area contributed by atoms with Crippen molar-refractivity contribution in [3.05, 3.63) is 0 Å². The highest BCUT2D eigenvalue weighted by Crippen LogP contribution is 1.93. The Bertz CT molecular complexity index is 339. The molecule has 88 valence electrons. The van der Waals surface area contributed by atoms with Gasteiger partial charge in [0.1, 0.15) is 6.04 Å². The first kappa shape index (κ1) is 13.8. The molecule has 0 radical (unpaired) electrons. The second-order valence-corrected chi connectivity index (χ2v) is 4.21. The Hall–Kier alpha value is -1.19. The number of hydrogen-bond donors (Lipinski definition) is 4. The van der Waals surface area contributed by atoms with E-state index >= 15 is 0 Å². The molecule has 15 heavy (non-hydrogen) atoms. The summed E-state index contributed by atoms with van der Waals surface area (Å²) in [6, 6.07) is -1.55. The largest absolute Gasteiger partial charge is 0.480 e. The zero-order chi connectivity index (χ0) is 12.1. The molecule has 0 saturated carbocycles. The van der Waals surface area contributed by atoms with Crippen LogP contribution in [-0.2, 0) is 19.8 Å². The number of rotatable bonds is 7. The third kappa shape index (κ3) is 5.99. The SMILES string of the molecule is CCNS(=O)(=O)N[C@H](CC(N)=O)C(=O)O. The number of carbonyl (C=O) groups excluding carboxylic acids is 1. The van der Waals surface area contributed by atoms with Crippen LogP contribution >= 0.6 is 0 Å². The number of nitrogens with one attached hydrogen (secondary N) is 2. The Balaban J connectivity index is 4.55. The molecule has 0 bridgehead atoms. The lowest BCUT2D eigenvalue weighted by Crippen LogP contribution is -2.47. The Morgan fingerprint density at radius 2 is 2.00 bits per heavy atom. The van der Waals surface area contributed by atoms with Gasteiger partial charge in [0.15, 0.2) is 0 Å². The van der Waals surface area contributed by atoms with E-state index < -0.39 is 34.5 Å². The highest BCUT2D eigenvalue weighted by Gasteiger charge is 2.24. The first-order valence-electron chi connectivity index (χ1n) is 4.06. The van der Waals surface area contributed by atoms with E-state index in [1.165, 1.54) is 6.92 Å². The maximum atomic E-state index is 11.1. The van der Waals surface area contributed by atoms with E-state index in [4.69, 9.17) is 10.8 Å².